The quantitative estimate of drug-likeness (QED) is 0.856. The zero-order chi connectivity index (χ0) is 13.8. The van der Waals surface area contributed by atoms with Crippen LogP contribution < -0.4 is 10.2 Å². The maximum Gasteiger partial charge on any atom is 0.0443 e. The molecule has 0 aliphatic heterocycles. The van der Waals surface area contributed by atoms with Gasteiger partial charge in [-0.1, -0.05) is 38.1 Å². The van der Waals surface area contributed by atoms with E-state index in [-0.39, 0.29) is 0 Å². The van der Waals surface area contributed by atoms with Crippen LogP contribution in [0.3, 0.4) is 0 Å². The van der Waals surface area contributed by atoms with Crippen LogP contribution in [0.2, 0.25) is 0 Å². The summed E-state index contributed by atoms with van der Waals surface area (Å²) in [6.45, 7) is 4.47. The van der Waals surface area contributed by atoms with E-state index < -0.39 is 0 Å². The molecule has 0 radical (unpaired) electrons. The Bertz CT molecular complexity index is 546. The summed E-state index contributed by atoms with van der Waals surface area (Å²) in [5, 5.41) is 3.18. The van der Waals surface area contributed by atoms with Gasteiger partial charge in [0.15, 0.2) is 0 Å². The zero-order valence-electron chi connectivity index (χ0n) is 12.1. The fraction of sp³-hybridized carbons (Fsp3) is 0.294. The lowest BCUT2D eigenvalue weighted by molar-refractivity contribution is 0.862. The number of benzene rings is 2. The van der Waals surface area contributed by atoms with Crippen LogP contribution in [-0.4, -0.2) is 14.1 Å². The fourth-order valence-corrected chi connectivity index (χ4v) is 2.29. The standard InChI is InChI=1S/C17H22N2/c1-13(2)16-10-5-6-11-17(16)19(4)15-9-7-8-14(12-15)18-3/h5-13,18H,1-4H3. The van der Waals surface area contributed by atoms with Crippen molar-refractivity contribution in [1.29, 1.82) is 0 Å². The number of nitrogens with zero attached hydrogens (tertiary/aromatic N) is 1. The van der Waals surface area contributed by atoms with Gasteiger partial charge in [0.05, 0.1) is 0 Å². The minimum atomic E-state index is 0.520. The average Bonchev–Trinajstić information content (AvgIpc) is 2.46. The molecule has 0 aliphatic rings. The lowest BCUT2D eigenvalue weighted by Gasteiger charge is -2.24. The van der Waals surface area contributed by atoms with E-state index >= 15 is 0 Å². The minimum Gasteiger partial charge on any atom is -0.388 e. The van der Waals surface area contributed by atoms with Crippen LogP contribution >= 0.6 is 0 Å². The Balaban J connectivity index is 2.40. The van der Waals surface area contributed by atoms with E-state index in [4.69, 9.17) is 0 Å². The van der Waals surface area contributed by atoms with Crippen molar-refractivity contribution in [3.8, 4) is 0 Å². The Morgan fingerprint density at radius 1 is 1.00 bits per heavy atom. The predicted molar refractivity (Wildman–Crippen MR) is 84.6 cm³/mol. The Morgan fingerprint density at radius 3 is 2.42 bits per heavy atom. The van der Waals surface area contributed by atoms with Gasteiger partial charge in [-0.25, -0.2) is 0 Å². The highest BCUT2D eigenvalue weighted by Crippen LogP contribution is 2.32. The van der Waals surface area contributed by atoms with Crippen LogP contribution in [0.5, 0.6) is 0 Å². The number of nitrogens with one attached hydrogen (secondary N) is 1. The molecule has 0 atom stereocenters. The van der Waals surface area contributed by atoms with Crippen molar-refractivity contribution in [3.63, 3.8) is 0 Å². The number of hydrogen-bond donors (Lipinski definition) is 1. The van der Waals surface area contributed by atoms with Crippen molar-refractivity contribution in [2.45, 2.75) is 19.8 Å². The van der Waals surface area contributed by atoms with Gasteiger partial charge in [-0.15, -0.1) is 0 Å². The third kappa shape index (κ3) is 2.90. The first-order chi connectivity index (χ1) is 9.13. The van der Waals surface area contributed by atoms with E-state index in [0.717, 1.165) is 5.69 Å². The first-order valence-corrected chi connectivity index (χ1v) is 6.74. The number of para-hydroxylation sites is 1. The molecule has 0 aliphatic carbocycles. The Hall–Kier alpha value is -1.96. The Morgan fingerprint density at radius 2 is 1.74 bits per heavy atom. The van der Waals surface area contributed by atoms with Crippen LogP contribution in [0, 0.1) is 0 Å². The lowest BCUT2D eigenvalue weighted by atomic mass is 10.0. The summed E-state index contributed by atoms with van der Waals surface area (Å²) in [4.78, 5) is 2.25. The molecule has 0 bridgehead atoms. The van der Waals surface area contributed by atoms with Gasteiger partial charge in [0, 0.05) is 31.2 Å². The maximum atomic E-state index is 3.18. The van der Waals surface area contributed by atoms with Crippen LogP contribution in [-0.2, 0) is 0 Å². The Kier molecular flexibility index (Phi) is 4.10. The first-order valence-electron chi connectivity index (χ1n) is 6.74. The smallest absolute Gasteiger partial charge is 0.0443 e. The van der Waals surface area contributed by atoms with Crippen LogP contribution in [0.1, 0.15) is 25.3 Å². The molecule has 2 heteroatoms. The van der Waals surface area contributed by atoms with Crippen LogP contribution in [0.25, 0.3) is 0 Å². The molecule has 0 amide bonds. The summed E-state index contributed by atoms with van der Waals surface area (Å²) in [7, 11) is 4.07. The average molecular weight is 254 g/mol. The van der Waals surface area contributed by atoms with Gasteiger partial charge in [0.25, 0.3) is 0 Å². The van der Waals surface area contributed by atoms with E-state index in [1.54, 1.807) is 0 Å². The van der Waals surface area contributed by atoms with Crippen molar-refractivity contribution in [3.05, 3.63) is 54.1 Å². The van der Waals surface area contributed by atoms with Crippen molar-refractivity contribution in [1.82, 2.24) is 0 Å². The van der Waals surface area contributed by atoms with Gasteiger partial charge in [0.1, 0.15) is 0 Å². The third-order valence-electron chi connectivity index (χ3n) is 3.44. The highest BCUT2D eigenvalue weighted by atomic mass is 15.1. The van der Waals surface area contributed by atoms with E-state index in [0.29, 0.717) is 5.92 Å². The summed E-state index contributed by atoms with van der Waals surface area (Å²) in [5.74, 6) is 0.520. The third-order valence-corrected chi connectivity index (χ3v) is 3.44. The van der Waals surface area contributed by atoms with Crippen LogP contribution in [0.4, 0.5) is 17.1 Å². The van der Waals surface area contributed by atoms with Crippen molar-refractivity contribution < 1.29 is 0 Å². The number of hydrogen-bond acceptors (Lipinski definition) is 2. The van der Waals surface area contributed by atoms with Crippen molar-refractivity contribution in [2.24, 2.45) is 0 Å². The second-order valence-corrected chi connectivity index (χ2v) is 5.07. The second kappa shape index (κ2) is 5.79. The summed E-state index contributed by atoms with van der Waals surface area (Å²) >= 11 is 0. The van der Waals surface area contributed by atoms with E-state index in [1.807, 2.05) is 7.05 Å². The summed E-state index contributed by atoms with van der Waals surface area (Å²) < 4.78 is 0. The highest BCUT2D eigenvalue weighted by Gasteiger charge is 2.11. The van der Waals surface area contributed by atoms with Gasteiger partial charge < -0.3 is 10.2 Å². The molecule has 1 N–H and O–H groups in total. The SMILES string of the molecule is CNc1cccc(N(C)c2ccccc2C(C)C)c1. The first kappa shape index (κ1) is 13.5. The topological polar surface area (TPSA) is 15.3 Å². The van der Waals surface area contributed by atoms with Gasteiger partial charge in [-0.05, 0) is 35.7 Å². The molecule has 2 nitrogen and oxygen atoms in total. The van der Waals surface area contributed by atoms with Gasteiger partial charge >= 0.3 is 0 Å². The monoisotopic (exact) mass is 254 g/mol. The van der Waals surface area contributed by atoms with Crippen molar-refractivity contribution in [2.75, 3.05) is 24.3 Å². The lowest BCUT2D eigenvalue weighted by Crippen LogP contribution is -2.12. The molecule has 0 unspecified atom stereocenters. The number of rotatable bonds is 4. The molecule has 0 fully saturated rings. The molecule has 0 saturated carbocycles. The molecule has 0 spiro atoms. The maximum absolute atomic E-state index is 3.18. The molecule has 0 heterocycles. The van der Waals surface area contributed by atoms with E-state index in [2.05, 4.69) is 79.6 Å². The van der Waals surface area contributed by atoms with Gasteiger partial charge in [-0.3, -0.25) is 0 Å². The second-order valence-electron chi connectivity index (χ2n) is 5.07. The molecule has 0 saturated heterocycles. The summed E-state index contributed by atoms with van der Waals surface area (Å²) in [5.41, 5.74) is 4.97. The van der Waals surface area contributed by atoms with Crippen molar-refractivity contribution >= 4 is 17.1 Å². The molecular weight excluding hydrogens is 232 g/mol. The summed E-state index contributed by atoms with van der Waals surface area (Å²) in [6, 6.07) is 17.0. The van der Waals surface area contributed by atoms with Gasteiger partial charge in [-0.2, -0.15) is 0 Å². The minimum absolute atomic E-state index is 0.520. The molecule has 0 aromatic heterocycles. The molecule has 2 aromatic carbocycles. The van der Waals surface area contributed by atoms with E-state index in [9.17, 15) is 0 Å². The van der Waals surface area contributed by atoms with Crippen LogP contribution in [0.15, 0.2) is 48.5 Å². The number of anilines is 3. The Labute approximate surface area is 116 Å². The zero-order valence-corrected chi connectivity index (χ0v) is 12.1. The normalized spacial score (nSPS) is 10.6. The van der Waals surface area contributed by atoms with E-state index in [1.165, 1.54) is 16.9 Å². The molecule has 19 heavy (non-hydrogen) atoms. The molecule has 2 rings (SSSR count). The molecule has 2 aromatic rings. The molecule has 100 valence electrons. The molecular formula is C17H22N2. The summed E-state index contributed by atoms with van der Waals surface area (Å²) in [6.07, 6.45) is 0. The highest BCUT2D eigenvalue weighted by molar-refractivity contribution is 5.69. The predicted octanol–water partition coefficient (Wildman–Crippen LogP) is 4.62. The largest absolute Gasteiger partial charge is 0.388 e. The fourth-order valence-electron chi connectivity index (χ4n) is 2.29. The van der Waals surface area contributed by atoms with Gasteiger partial charge in [0.2, 0.25) is 0 Å².